The Bertz CT molecular complexity index is 1250. The zero-order chi connectivity index (χ0) is 24.5. The lowest BCUT2D eigenvalue weighted by molar-refractivity contribution is -0.116. The lowest BCUT2D eigenvalue weighted by atomic mass is 10.2. The molecule has 0 aromatic heterocycles. The minimum atomic E-state index is -3.65. The minimum absolute atomic E-state index is 0.119. The molecule has 9 heteroatoms. The van der Waals surface area contributed by atoms with Crippen LogP contribution in [-0.2, 0) is 14.8 Å². The largest absolute Gasteiger partial charge is 0.486 e. The minimum Gasteiger partial charge on any atom is -0.486 e. The molecule has 3 aromatic rings. The SMILES string of the molecule is O=C(CCCCCNS(=O)(=O)c1ccc2c(c1)OCCO2)Nc1ccccc1Oc1ccccc1. The molecule has 8 nitrogen and oxygen atoms in total. The first-order chi connectivity index (χ1) is 17.0. The van der Waals surface area contributed by atoms with Crippen LogP contribution in [0.1, 0.15) is 25.7 Å². The molecule has 0 saturated carbocycles. The summed E-state index contributed by atoms with van der Waals surface area (Å²) in [5.41, 5.74) is 0.605. The second kappa shape index (κ2) is 11.7. The molecule has 4 rings (SSSR count). The van der Waals surface area contributed by atoms with E-state index in [1.165, 1.54) is 12.1 Å². The van der Waals surface area contributed by atoms with Gasteiger partial charge in [-0.3, -0.25) is 4.79 Å². The van der Waals surface area contributed by atoms with Gasteiger partial charge in [0, 0.05) is 19.0 Å². The smallest absolute Gasteiger partial charge is 0.240 e. The van der Waals surface area contributed by atoms with E-state index < -0.39 is 10.0 Å². The number of carbonyl (C=O) groups is 1. The molecule has 2 N–H and O–H groups in total. The van der Waals surface area contributed by atoms with Crippen molar-refractivity contribution in [2.75, 3.05) is 25.1 Å². The summed E-state index contributed by atoms with van der Waals surface area (Å²) in [5.74, 6) is 2.11. The summed E-state index contributed by atoms with van der Waals surface area (Å²) < 4.78 is 44.4. The van der Waals surface area contributed by atoms with Crippen LogP contribution in [0.25, 0.3) is 0 Å². The monoisotopic (exact) mass is 496 g/mol. The van der Waals surface area contributed by atoms with Gasteiger partial charge >= 0.3 is 0 Å². The maximum Gasteiger partial charge on any atom is 0.240 e. The zero-order valence-corrected chi connectivity index (χ0v) is 20.1. The van der Waals surface area contributed by atoms with Crippen LogP contribution in [0.2, 0.25) is 0 Å². The van der Waals surface area contributed by atoms with Gasteiger partial charge in [-0.25, -0.2) is 13.1 Å². The Morgan fingerprint density at radius 1 is 0.857 bits per heavy atom. The van der Waals surface area contributed by atoms with Gasteiger partial charge < -0.3 is 19.5 Å². The number of nitrogens with one attached hydrogen (secondary N) is 2. The number of amides is 1. The summed E-state index contributed by atoms with van der Waals surface area (Å²) >= 11 is 0. The molecule has 0 spiro atoms. The first kappa shape index (κ1) is 24.6. The Kier molecular flexibility index (Phi) is 8.23. The van der Waals surface area contributed by atoms with Crippen LogP contribution >= 0.6 is 0 Å². The van der Waals surface area contributed by atoms with E-state index in [4.69, 9.17) is 14.2 Å². The van der Waals surface area contributed by atoms with E-state index in [9.17, 15) is 13.2 Å². The normalized spacial score (nSPS) is 12.7. The summed E-state index contributed by atoms with van der Waals surface area (Å²) in [6.07, 6.45) is 2.29. The molecule has 35 heavy (non-hydrogen) atoms. The second-order valence-corrected chi connectivity index (χ2v) is 9.74. The van der Waals surface area contributed by atoms with Crippen molar-refractivity contribution >= 4 is 21.6 Å². The zero-order valence-electron chi connectivity index (χ0n) is 19.2. The highest BCUT2D eigenvalue weighted by atomic mass is 32.2. The van der Waals surface area contributed by atoms with Crippen LogP contribution in [-0.4, -0.2) is 34.1 Å². The van der Waals surface area contributed by atoms with Crippen LogP contribution in [0.4, 0.5) is 5.69 Å². The van der Waals surface area contributed by atoms with Crippen LogP contribution in [0, 0.1) is 0 Å². The predicted octanol–water partition coefficient (Wildman–Crippen LogP) is 4.73. The van der Waals surface area contributed by atoms with Crippen LogP contribution in [0.5, 0.6) is 23.0 Å². The summed E-state index contributed by atoms with van der Waals surface area (Å²) in [7, 11) is -3.65. The third-order valence-electron chi connectivity index (χ3n) is 5.33. The van der Waals surface area contributed by atoms with Gasteiger partial charge in [0.15, 0.2) is 17.2 Å². The highest BCUT2D eigenvalue weighted by Gasteiger charge is 2.19. The van der Waals surface area contributed by atoms with Crippen molar-refractivity contribution in [3.63, 3.8) is 0 Å². The first-order valence-corrected chi connectivity index (χ1v) is 13.0. The van der Waals surface area contributed by atoms with Gasteiger partial charge in [0.2, 0.25) is 15.9 Å². The fourth-order valence-corrected chi connectivity index (χ4v) is 4.64. The van der Waals surface area contributed by atoms with Gasteiger partial charge in [-0.15, -0.1) is 0 Å². The first-order valence-electron chi connectivity index (χ1n) is 11.5. The highest BCUT2D eigenvalue weighted by molar-refractivity contribution is 7.89. The third-order valence-corrected chi connectivity index (χ3v) is 6.79. The van der Waals surface area contributed by atoms with Crippen molar-refractivity contribution in [3.8, 4) is 23.0 Å². The molecule has 0 saturated heterocycles. The Morgan fingerprint density at radius 3 is 2.43 bits per heavy atom. The van der Waals surface area contributed by atoms with E-state index in [1.54, 1.807) is 18.2 Å². The standard InChI is InChI=1S/C26H28N2O6S/c29-26(28-22-11-6-7-12-23(22)34-20-9-3-1-4-10-20)13-5-2-8-16-27-35(30,31)21-14-15-24-25(19-21)33-18-17-32-24/h1,3-4,6-7,9-12,14-15,19,27H,2,5,8,13,16-18H2,(H,28,29). The number of unbranched alkanes of at least 4 members (excludes halogenated alkanes) is 2. The molecule has 0 atom stereocenters. The number of carbonyl (C=O) groups excluding carboxylic acids is 1. The number of hydrogen-bond acceptors (Lipinski definition) is 6. The molecule has 0 fully saturated rings. The van der Waals surface area contributed by atoms with Crippen LogP contribution in [0.15, 0.2) is 77.7 Å². The van der Waals surface area contributed by atoms with E-state index >= 15 is 0 Å². The fourth-order valence-electron chi connectivity index (χ4n) is 3.56. The van der Waals surface area contributed by atoms with Crippen molar-refractivity contribution in [3.05, 3.63) is 72.8 Å². The average Bonchev–Trinajstić information content (AvgIpc) is 2.87. The van der Waals surface area contributed by atoms with Gasteiger partial charge in [0.05, 0.1) is 10.6 Å². The quantitative estimate of drug-likeness (QED) is 0.372. The van der Waals surface area contributed by atoms with Crippen LogP contribution < -0.4 is 24.2 Å². The molecule has 1 aliphatic heterocycles. The molecule has 0 bridgehead atoms. The fraction of sp³-hybridized carbons (Fsp3) is 0.269. The molecular formula is C26H28N2O6S. The van der Waals surface area contributed by atoms with Gasteiger partial charge in [-0.1, -0.05) is 36.8 Å². The van der Waals surface area contributed by atoms with E-state index in [0.29, 0.717) is 67.6 Å². The molecule has 1 heterocycles. The van der Waals surface area contributed by atoms with Crippen molar-refractivity contribution in [2.45, 2.75) is 30.6 Å². The Hall–Kier alpha value is -3.56. The van der Waals surface area contributed by atoms with Gasteiger partial charge in [0.25, 0.3) is 0 Å². The Balaban J connectivity index is 1.18. The number of hydrogen-bond donors (Lipinski definition) is 2. The number of sulfonamides is 1. The summed E-state index contributed by atoms with van der Waals surface area (Å²) in [4.78, 5) is 12.5. The molecule has 1 amide bonds. The maximum absolute atomic E-state index is 12.5. The molecule has 184 valence electrons. The maximum atomic E-state index is 12.5. The topological polar surface area (TPSA) is 103 Å². The number of benzene rings is 3. The van der Waals surface area contributed by atoms with Crippen LogP contribution in [0.3, 0.4) is 0 Å². The summed E-state index contributed by atoms with van der Waals surface area (Å²) in [5, 5.41) is 2.89. The van der Waals surface area contributed by atoms with E-state index in [0.717, 1.165) is 0 Å². The predicted molar refractivity (Wildman–Crippen MR) is 133 cm³/mol. The number of para-hydroxylation sites is 3. The van der Waals surface area contributed by atoms with Crippen molar-refractivity contribution in [1.29, 1.82) is 0 Å². The number of ether oxygens (including phenoxy) is 3. The van der Waals surface area contributed by atoms with Gasteiger partial charge in [-0.05, 0) is 49.2 Å². The Labute approximate surface area is 205 Å². The van der Waals surface area contributed by atoms with E-state index in [2.05, 4.69) is 10.0 Å². The number of anilines is 1. The van der Waals surface area contributed by atoms with Crippen molar-refractivity contribution in [1.82, 2.24) is 4.72 Å². The average molecular weight is 497 g/mol. The Morgan fingerprint density at radius 2 is 1.60 bits per heavy atom. The van der Waals surface area contributed by atoms with E-state index in [1.807, 2.05) is 42.5 Å². The third kappa shape index (κ3) is 6.97. The van der Waals surface area contributed by atoms with Gasteiger partial charge in [-0.2, -0.15) is 0 Å². The summed E-state index contributed by atoms with van der Waals surface area (Å²) in [6, 6.07) is 21.2. The van der Waals surface area contributed by atoms with Crippen molar-refractivity contribution < 1.29 is 27.4 Å². The number of fused-ring (bicyclic) bond motifs is 1. The lowest BCUT2D eigenvalue weighted by Gasteiger charge is -2.18. The van der Waals surface area contributed by atoms with E-state index in [-0.39, 0.29) is 17.3 Å². The lowest BCUT2D eigenvalue weighted by Crippen LogP contribution is -2.25. The molecule has 1 aliphatic rings. The molecule has 0 radical (unpaired) electrons. The van der Waals surface area contributed by atoms with Crippen molar-refractivity contribution in [2.24, 2.45) is 0 Å². The van der Waals surface area contributed by atoms with Gasteiger partial charge in [0.1, 0.15) is 19.0 Å². The molecule has 0 unspecified atom stereocenters. The molecular weight excluding hydrogens is 468 g/mol. The highest BCUT2D eigenvalue weighted by Crippen LogP contribution is 2.32. The second-order valence-electron chi connectivity index (χ2n) is 7.97. The molecule has 3 aromatic carbocycles. The number of rotatable bonds is 11. The summed E-state index contributed by atoms with van der Waals surface area (Å²) in [6.45, 7) is 1.12. The molecule has 0 aliphatic carbocycles.